The van der Waals surface area contributed by atoms with Crippen molar-refractivity contribution >= 4 is 120 Å². The molecule has 5 aromatic rings. The lowest BCUT2D eigenvalue weighted by molar-refractivity contribution is -0.128. The van der Waals surface area contributed by atoms with Gasteiger partial charge in [-0.05, 0) is 108 Å². The first kappa shape index (κ1) is 57.6. The van der Waals surface area contributed by atoms with E-state index >= 15 is 0 Å². The summed E-state index contributed by atoms with van der Waals surface area (Å²) in [6.07, 6.45) is 7.85. The van der Waals surface area contributed by atoms with Crippen molar-refractivity contribution in [2.24, 2.45) is 0 Å². The molecule has 0 aliphatic carbocycles. The number of nitrogens with zero attached hydrogens (tertiary/aromatic N) is 4. The van der Waals surface area contributed by atoms with Gasteiger partial charge in [0.1, 0.15) is 16.3 Å². The molecule has 0 fully saturated rings. The normalized spacial score (nSPS) is 13.1. The number of fused-ring (bicyclic) bond motifs is 1. The molecule has 0 radical (unpaired) electrons. The lowest BCUT2D eigenvalue weighted by Crippen LogP contribution is -2.41. The zero-order valence-electron chi connectivity index (χ0n) is 38.6. The lowest BCUT2D eigenvalue weighted by atomic mass is 10.0. The molecule has 16 heteroatoms. The third-order valence-corrected chi connectivity index (χ3v) is 13.9. The molecule has 2 N–H and O–H groups in total. The highest BCUT2D eigenvalue weighted by Gasteiger charge is 2.35. The number of hydrogen-bond donors (Lipinski definition) is 2. The maximum absolute atomic E-state index is 13.1. The Morgan fingerprint density at radius 2 is 1.16 bits per heavy atom. The molecule has 1 aliphatic heterocycles. The number of carbonyl (C=O) groups is 3. The fraction of sp³-hybridized carbons (Fsp3) is 0.333. The predicted octanol–water partition coefficient (Wildman–Crippen LogP) is 15.4. The van der Waals surface area contributed by atoms with Crippen molar-refractivity contribution in [3.8, 4) is 11.5 Å². The molecule has 0 saturated carbocycles. The van der Waals surface area contributed by atoms with Gasteiger partial charge in [-0.3, -0.25) is 14.4 Å². The smallest absolute Gasteiger partial charge is 0.272 e. The quantitative estimate of drug-likeness (QED) is 0.0407. The second-order valence-electron chi connectivity index (χ2n) is 15.7. The van der Waals surface area contributed by atoms with E-state index in [0.717, 1.165) is 95.1 Å². The first-order valence-corrected chi connectivity index (χ1v) is 27.9. The van der Waals surface area contributed by atoms with E-state index in [1.807, 2.05) is 59.5 Å². The molecule has 0 spiro atoms. The van der Waals surface area contributed by atoms with Crippen LogP contribution in [0.25, 0.3) is 14.5 Å². The van der Waals surface area contributed by atoms with Crippen molar-refractivity contribution in [1.82, 2.24) is 10.6 Å². The summed E-state index contributed by atoms with van der Waals surface area (Å²) in [7, 11) is 0. The van der Waals surface area contributed by atoms with Gasteiger partial charge in [0.25, 0.3) is 11.8 Å². The monoisotopic (exact) mass is 1260 g/mol. The molecule has 0 saturated heterocycles. The van der Waals surface area contributed by atoms with Crippen molar-refractivity contribution in [2.75, 3.05) is 40.5 Å². The van der Waals surface area contributed by atoms with Crippen LogP contribution in [0.15, 0.2) is 126 Å². The average molecular weight is 1270 g/mol. The Morgan fingerprint density at radius 3 is 1.77 bits per heavy atom. The second-order valence-corrected chi connectivity index (χ2v) is 19.8. The number of unbranched alkanes of at least 4 members (excludes halogenated alkanes) is 6. The Kier molecular flexibility index (Phi) is 27.0. The summed E-state index contributed by atoms with van der Waals surface area (Å²) in [5, 5.41) is 8.80. The standard InChI is InChI=1S/C20H20Br2N2O2.C20H19BrN2O2.C14H16Br2N2O/c1-23-16-9-7-8-15(14-16)19(20(25)24-13-6-2-5-12-21)26-18-11-4-3-10-17(18)22;1-22-16-9-7-8-15(14-16)19-20(24)23(13-6-2-5-12-21)17-10-3-4-11-18(17)25-19;1-17-12-7-5-6-11(10-12)13(16)14(19)18-9-4-2-3-8-15/h3-4,7-11,14,19H,2,5-6,12-13H2,(H,24,25);3-4,7-11,14,19H,2,5-6,12-13H2;5-7,10,13H,2-4,8-9H2,(H,18,19). The van der Waals surface area contributed by atoms with Gasteiger partial charge in [0.15, 0.2) is 17.1 Å². The largest absolute Gasteiger partial charge is 0.475 e. The summed E-state index contributed by atoms with van der Waals surface area (Å²) in [5.41, 5.74) is 4.55. The Hall–Kier alpha value is -5.02. The molecular weight excluding hydrogens is 1210 g/mol. The summed E-state index contributed by atoms with van der Waals surface area (Å²) >= 11 is 17.0. The highest BCUT2D eigenvalue weighted by molar-refractivity contribution is 9.10. The molecule has 6 rings (SSSR count). The van der Waals surface area contributed by atoms with E-state index in [1.54, 1.807) is 66.7 Å². The van der Waals surface area contributed by atoms with Crippen molar-refractivity contribution in [2.45, 2.75) is 74.8 Å². The van der Waals surface area contributed by atoms with Gasteiger partial charge in [0, 0.05) is 35.6 Å². The first-order valence-electron chi connectivity index (χ1n) is 22.9. The molecule has 3 amide bonds. The number of benzene rings is 5. The SMILES string of the molecule is [C-]#[N+]c1cccc(C(Br)C(=O)NCCCCCBr)c1.[C-]#[N+]c1cccc(C(Oc2ccccc2Br)C(=O)NCCCCCBr)c1.[C-]#[N+]c1cccc(C2Oc3ccccc3N(CCCCCBr)C2=O)c1. The number of rotatable bonds is 22. The third kappa shape index (κ3) is 19.0. The highest BCUT2D eigenvalue weighted by atomic mass is 79.9. The Labute approximate surface area is 454 Å². The third-order valence-electron chi connectivity index (χ3n) is 10.6. The molecule has 3 unspecified atom stereocenters. The van der Waals surface area contributed by atoms with Gasteiger partial charge >= 0.3 is 0 Å². The summed E-state index contributed by atoms with van der Waals surface area (Å²) in [6, 6.07) is 36.2. The molecule has 70 heavy (non-hydrogen) atoms. The number of alkyl halides is 4. The minimum atomic E-state index is -0.813. The van der Waals surface area contributed by atoms with Crippen LogP contribution in [0.2, 0.25) is 0 Å². The Bertz CT molecular complexity index is 2580. The molecule has 1 aliphatic rings. The minimum Gasteiger partial charge on any atom is -0.475 e. The van der Waals surface area contributed by atoms with Crippen LogP contribution in [0.4, 0.5) is 22.7 Å². The molecule has 1 heterocycles. The van der Waals surface area contributed by atoms with Gasteiger partial charge in [-0.2, -0.15) is 0 Å². The number of carbonyl (C=O) groups excluding carboxylic acids is 3. The van der Waals surface area contributed by atoms with E-state index in [-0.39, 0.29) is 17.7 Å². The van der Waals surface area contributed by atoms with Gasteiger partial charge in [0.2, 0.25) is 18.1 Å². The van der Waals surface area contributed by atoms with Crippen molar-refractivity contribution in [3.05, 3.63) is 177 Å². The van der Waals surface area contributed by atoms with E-state index in [1.165, 1.54) is 0 Å². The van der Waals surface area contributed by atoms with E-state index in [0.29, 0.717) is 53.8 Å². The fourth-order valence-corrected chi connectivity index (χ4v) is 8.97. The number of halogens is 5. The first-order chi connectivity index (χ1) is 34.1. The molecule has 11 nitrogen and oxygen atoms in total. The summed E-state index contributed by atoms with van der Waals surface area (Å²) in [4.78, 5) is 49.4. The van der Waals surface area contributed by atoms with Gasteiger partial charge in [-0.15, -0.1) is 0 Å². The maximum atomic E-state index is 13.1. The average Bonchev–Trinajstić information content (AvgIpc) is 3.39. The van der Waals surface area contributed by atoms with Crippen LogP contribution in [-0.2, 0) is 14.4 Å². The van der Waals surface area contributed by atoms with Crippen LogP contribution in [0, 0.1) is 19.7 Å². The van der Waals surface area contributed by atoms with E-state index in [9.17, 15) is 14.4 Å². The highest BCUT2D eigenvalue weighted by Crippen LogP contribution is 2.39. The van der Waals surface area contributed by atoms with Gasteiger partial charge in [-0.25, -0.2) is 14.5 Å². The van der Waals surface area contributed by atoms with Crippen LogP contribution in [0.5, 0.6) is 11.5 Å². The minimum absolute atomic E-state index is 0.0547. The van der Waals surface area contributed by atoms with Crippen LogP contribution >= 0.6 is 79.6 Å². The topological polar surface area (TPSA) is 110 Å². The van der Waals surface area contributed by atoms with Gasteiger partial charge in [-0.1, -0.05) is 168 Å². The van der Waals surface area contributed by atoms with Crippen LogP contribution in [0.3, 0.4) is 0 Å². The molecule has 366 valence electrons. The van der Waals surface area contributed by atoms with E-state index < -0.39 is 17.0 Å². The van der Waals surface area contributed by atoms with Crippen LogP contribution in [0.1, 0.15) is 91.5 Å². The summed E-state index contributed by atoms with van der Waals surface area (Å²) in [5.74, 6) is 0.961. The van der Waals surface area contributed by atoms with Crippen molar-refractivity contribution in [1.29, 1.82) is 0 Å². The molecule has 5 aromatic carbocycles. The van der Waals surface area contributed by atoms with Gasteiger partial charge < -0.3 is 25.0 Å². The Balaban J connectivity index is 0.000000232. The van der Waals surface area contributed by atoms with Crippen molar-refractivity contribution in [3.63, 3.8) is 0 Å². The number of ether oxygens (including phenoxy) is 2. The zero-order valence-corrected chi connectivity index (χ0v) is 46.5. The van der Waals surface area contributed by atoms with Gasteiger partial charge in [0.05, 0.1) is 29.9 Å². The number of para-hydroxylation sites is 3. The van der Waals surface area contributed by atoms with E-state index in [4.69, 9.17) is 29.2 Å². The maximum Gasteiger partial charge on any atom is 0.272 e. The summed E-state index contributed by atoms with van der Waals surface area (Å²) in [6.45, 7) is 23.3. The number of anilines is 1. The molecule has 0 bridgehead atoms. The second kappa shape index (κ2) is 32.8. The lowest BCUT2D eigenvalue weighted by Gasteiger charge is -2.34. The van der Waals surface area contributed by atoms with E-state index in [2.05, 4.69) is 105 Å². The molecule has 3 atom stereocenters. The molecule has 0 aromatic heterocycles. The predicted molar refractivity (Wildman–Crippen MR) is 298 cm³/mol. The van der Waals surface area contributed by atoms with Crippen LogP contribution < -0.4 is 25.0 Å². The zero-order chi connectivity index (χ0) is 50.5. The number of hydrogen-bond acceptors (Lipinski definition) is 5. The number of nitrogens with one attached hydrogen (secondary N) is 2. The fourth-order valence-electron chi connectivity index (χ4n) is 6.96. The van der Waals surface area contributed by atoms with Crippen molar-refractivity contribution < 1.29 is 23.9 Å². The number of amides is 3. The Morgan fingerprint density at radius 1 is 0.629 bits per heavy atom. The molecular formula is C54H55Br5N6O5. The van der Waals surface area contributed by atoms with Crippen LogP contribution in [-0.4, -0.2) is 53.3 Å². The summed E-state index contributed by atoms with van der Waals surface area (Å²) < 4.78 is 12.8.